The Morgan fingerprint density at radius 3 is 2.57 bits per heavy atom. The van der Waals surface area contributed by atoms with Gasteiger partial charge in [0.1, 0.15) is 17.7 Å². The maximum atomic E-state index is 12.3. The fourth-order valence-corrected chi connectivity index (χ4v) is 2.28. The molecule has 0 saturated carbocycles. The normalized spacial score (nSPS) is 13.6. The van der Waals surface area contributed by atoms with Crippen molar-refractivity contribution in [1.82, 2.24) is 9.88 Å². The third kappa shape index (κ3) is 2.97. The Morgan fingerprint density at radius 2 is 1.91 bits per heavy atom. The lowest BCUT2D eigenvalue weighted by molar-refractivity contribution is 0.0159. The predicted octanol–water partition coefficient (Wildman–Crippen LogP) is 1.73. The molecular weight excluding hydrogens is 292 g/mol. The van der Waals surface area contributed by atoms with Gasteiger partial charge < -0.3 is 9.64 Å². The summed E-state index contributed by atoms with van der Waals surface area (Å²) >= 11 is 0. The van der Waals surface area contributed by atoms with E-state index in [4.69, 9.17) is 15.3 Å². The van der Waals surface area contributed by atoms with Gasteiger partial charge in [0, 0.05) is 11.8 Å². The van der Waals surface area contributed by atoms with Gasteiger partial charge in [-0.2, -0.15) is 10.5 Å². The van der Waals surface area contributed by atoms with Crippen LogP contribution < -0.4 is 4.74 Å². The maximum absolute atomic E-state index is 12.3. The summed E-state index contributed by atoms with van der Waals surface area (Å²) in [6.45, 7) is 0.889. The number of aromatic nitrogens is 1. The SMILES string of the molecule is N#Cc1ccc(C(=O)N2CC(Oc3ncccc3C#N)C2)cc1. The van der Waals surface area contributed by atoms with Crippen LogP contribution in [0.1, 0.15) is 21.5 Å². The van der Waals surface area contributed by atoms with Crippen molar-refractivity contribution in [1.29, 1.82) is 10.5 Å². The van der Waals surface area contributed by atoms with Crippen molar-refractivity contribution in [2.75, 3.05) is 13.1 Å². The van der Waals surface area contributed by atoms with Crippen LogP contribution in [0.4, 0.5) is 0 Å². The number of nitrogens with zero attached hydrogens (tertiary/aromatic N) is 4. The molecule has 1 aromatic carbocycles. The van der Waals surface area contributed by atoms with E-state index in [1.165, 1.54) is 0 Å². The first-order valence-corrected chi connectivity index (χ1v) is 7.02. The Hall–Kier alpha value is -3.38. The lowest BCUT2D eigenvalue weighted by Crippen LogP contribution is -2.56. The Bertz CT molecular complexity index is 812. The molecule has 0 spiro atoms. The van der Waals surface area contributed by atoms with E-state index in [1.54, 1.807) is 47.5 Å². The van der Waals surface area contributed by atoms with Crippen molar-refractivity contribution >= 4 is 5.91 Å². The second-order valence-electron chi connectivity index (χ2n) is 5.11. The number of ether oxygens (including phenoxy) is 1. The average Bonchev–Trinajstić information content (AvgIpc) is 2.57. The van der Waals surface area contributed by atoms with Crippen LogP contribution in [0.15, 0.2) is 42.6 Å². The van der Waals surface area contributed by atoms with Crippen LogP contribution in [-0.4, -0.2) is 35.0 Å². The van der Waals surface area contributed by atoms with Gasteiger partial charge in [-0.15, -0.1) is 0 Å². The van der Waals surface area contributed by atoms with Gasteiger partial charge in [0.25, 0.3) is 5.91 Å². The minimum Gasteiger partial charge on any atom is -0.470 e. The third-order valence-electron chi connectivity index (χ3n) is 3.57. The number of carbonyl (C=O) groups is 1. The van der Waals surface area contributed by atoms with E-state index in [9.17, 15) is 4.79 Å². The van der Waals surface area contributed by atoms with Gasteiger partial charge in [-0.1, -0.05) is 0 Å². The summed E-state index contributed by atoms with van der Waals surface area (Å²) in [7, 11) is 0. The average molecular weight is 304 g/mol. The van der Waals surface area contributed by atoms with Crippen molar-refractivity contribution < 1.29 is 9.53 Å². The summed E-state index contributed by atoms with van der Waals surface area (Å²) in [5.41, 5.74) is 1.44. The molecule has 1 aliphatic rings. The van der Waals surface area contributed by atoms with Crippen molar-refractivity contribution in [2.24, 2.45) is 0 Å². The van der Waals surface area contributed by atoms with E-state index in [0.717, 1.165) is 0 Å². The zero-order valence-corrected chi connectivity index (χ0v) is 12.1. The van der Waals surface area contributed by atoms with Gasteiger partial charge in [-0.25, -0.2) is 4.98 Å². The molecule has 2 aromatic rings. The van der Waals surface area contributed by atoms with E-state index in [-0.39, 0.29) is 12.0 Å². The number of rotatable bonds is 3. The van der Waals surface area contributed by atoms with Crippen LogP contribution in [0.3, 0.4) is 0 Å². The van der Waals surface area contributed by atoms with Gasteiger partial charge in [0.2, 0.25) is 5.88 Å². The number of carbonyl (C=O) groups excluding carboxylic acids is 1. The van der Waals surface area contributed by atoms with Crippen molar-refractivity contribution in [2.45, 2.75) is 6.10 Å². The molecule has 1 amide bonds. The summed E-state index contributed by atoms with van der Waals surface area (Å²) in [6.07, 6.45) is 1.40. The topological polar surface area (TPSA) is 90.0 Å². The minimum absolute atomic E-state index is 0.101. The molecule has 1 fully saturated rings. The number of hydrogen-bond donors (Lipinski definition) is 0. The highest BCUT2D eigenvalue weighted by molar-refractivity contribution is 5.94. The maximum Gasteiger partial charge on any atom is 0.254 e. The zero-order chi connectivity index (χ0) is 16.2. The van der Waals surface area contributed by atoms with Gasteiger partial charge >= 0.3 is 0 Å². The van der Waals surface area contributed by atoms with Crippen LogP contribution in [0.25, 0.3) is 0 Å². The standard InChI is InChI=1S/C17H12N4O2/c18-8-12-3-5-13(6-4-12)17(22)21-10-15(11-21)23-16-14(9-19)2-1-7-20-16/h1-7,15H,10-11H2. The summed E-state index contributed by atoms with van der Waals surface area (Å²) in [6, 6.07) is 13.9. The molecule has 1 aliphatic heterocycles. The summed E-state index contributed by atoms with van der Waals surface area (Å²) < 4.78 is 5.65. The van der Waals surface area contributed by atoms with E-state index in [0.29, 0.717) is 35.7 Å². The highest BCUT2D eigenvalue weighted by Gasteiger charge is 2.33. The molecule has 23 heavy (non-hydrogen) atoms. The molecule has 0 atom stereocenters. The zero-order valence-electron chi connectivity index (χ0n) is 12.1. The molecule has 112 valence electrons. The quantitative estimate of drug-likeness (QED) is 0.861. The first-order valence-electron chi connectivity index (χ1n) is 7.02. The molecular formula is C17H12N4O2. The Labute approximate surface area is 133 Å². The molecule has 0 N–H and O–H groups in total. The number of nitriles is 2. The predicted molar refractivity (Wildman–Crippen MR) is 80.4 cm³/mol. The van der Waals surface area contributed by atoms with Gasteiger partial charge in [0.15, 0.2) is 0 Å². The number of pyridine rings is 1. The van der Waals surface area contributed by atoms with Gasteiger partial charge in [-0.3, -0.25) is 4.79 Å². The largest absolute Gasteiger partial charge is 0.470 e. The Kier molecular flexibility index (Phi) is 3.90. The summed E-state index contributed by atoms with van der Waals surface area (Å²) in [5, 5.41) is 17.8. The minimum atomic E-state index is -0.167. The molecule has 3 rings (SSSR count). The van der Waals surface area contributed by atoms with Crippen LogP contribution in [0.2, 0.25) is 0 Å². The summed E-state index contributed by atoms with van der Waals surface area (Å²) in [4.78, 5) is 18.0. The van der Waals surface area contributed by atoms with Crippen LogP contribution in [-0.2, 0) is 0 Å². The smallest absolute Gasteiger partial charge is 0.254 e. The number of benzene rings is 1. The second-order valence-corrected chi connectivity index (χ2v) is 5.11. The first kappa shape index (κ1) is 14.6. The lowest BCUT2D eigenvalue weighted by Gasteiger charge is -2.38. The molecule has 2 heterocycles. The number of likely N-dealkylation sites (tertiary alicyclic amines) is 1. The molecule has 1 aromatic heterocycles. The molecule has 6 heteroatoms. The van der Waals surface area contributed by atoms with Crippen molar-refractivity contribution in [3.05, 3.63) is 59.3 Å². The van der Waals surface area contributed by atoms with E-state index < -0.39 is 0 Å². The first-order chi connectivity index (χ1) is 11.2. The third-order valence-corrected chi connectivity index (χ3v) is 3.57. The fraction of sp³-hybridized carbons (Fsp3) is 0.176. The lowest BCUT2D eigenvalue weighted by atomic mass is 10.1. The molecule has 6 nitrogen and oxygen atoms in total. The molecule has 0 radical (unpaired) electrons. The van der Waals surface area contributed by atoms with E-state index >= 15 is 0 Å². The fourth-order valence-electron chi connectivity index (χ4n) is 2.28. The molecule has 1 saturated heterocycles. The number of hydrogen-bond acceptors (Lipinski definition) is 5. The van der Waals surface area contributed by atoms with Crippen LogP contribution >= 0.6 is 0 Å². The molecule has 0 bridgehead atoms. The molecule has 0 unspecified atom stereocenters. The monoisotopic (exact) mass is 304 g/mol. The van der Waals surface area contributed by atoms with Crippen LogP contribution in [0, 0.1) is 22.7 Å². The highest BCUT2D eigenvalue weighted by Crippen LogP contribution is 2.21. The Balaban J connectivity index is 1.59. The van der Waals surface area contributed by atoms with Gasteiger partial charge in [-0.05, 0) is 36.4 Å². The number of amides is 1. The van der Waals surface area contributed by atoms with E-state index in [2.05, 4.69) is 4.98 Å². The van der Waals surface area contributed by atoms with Crippen molar-refractivity contribution in [3.8, 4) is 18.0 Å². The molecule has 0 aliphatic carbocycles. The van der Waals surface area contributed by atoms with Crippen molar-refractivity contribution in [3.63, 3.8) is 0 Å². The van der Waals surface area contributed by atoms with E-state index in [1.807, 2.05) is 12.1 Å². The van der Waals surface area contributed by atoms with Crippen LogP contribution in [0.5, 0.6) is 5.88 Å². The van der Waals surface area contributed by atoms with Gasteiger partial charge in [0.05, 0.1) is 24.7 Å². The summed E-state index contributed by atoms with van der Waals surface area (Å²) in [5.74, 6) is 0.196. The second kappa shape index (κ2) is 6.17. The Morgan fingerprint density at radius 1 is 1.17 bits per heavy atom. The highest BCUT2D eigenvalue weighted by atomic mass is 16.5.